The van der Waals surface area contributed by atoms with Gasteiger partial charge in [0.05, 0.1) is 19.5 Å². The molecule has 7 atom stereocenters. The lowest BCUT2D eigenvalue weighted by Gasteiger charge is -2.30. The van der Waals surface area contributed by atoms with Crippen LogP contribution in [0.15, 0.2) is 12.7 Å². The first-order valence-electron chi connectivity index (χ1n) is 13.7. The van der Waals surface area contributed by atoms with E-state index in [2.05, 4.69) is 47.0 Å². The predicted molar refractivity (Wildman–Crippen MR) is 163 cm³/mol. The van der Waals surface area contributed by atoms with Gasteiger partial charge in [0.15, 0.2) is 17.7 Å². The average molecular weight is 768 g/mol. The molecule has 2 aromatic heterocycles. The fourth-order valence-electron chi connectivity index (χ4n) is 4.14. The number of carbonyl (C=O) groups excluding carboxylic acids is 2. The molecule has 272 valence electrons. The van der Waals surface area contributed by atoms with Crippen molar-refractivity contribution in [3.05, 3.63) is 12.7 Å². The topological polar surface area (TPSA) is 347 Å². The van der Waals surface area contributed by atoms with Gasteiger partial charge >= 0.3 is 23.5 Å². The van der Waals surface area contributed by atoms with Crippen molar-refractivity contribution in [3.63, 3.8) is 0 Å². The standard InChI is InChI=1S/C21H36N7O16P3S/c1-21(2,16(31)19(32)24-4-3-12(29)23-5-6-48)8-41-47(38,39)44-46(36,37)40-7-11-15(43-45(33,34)35)14(30)20(42-11)28-10-27-13-17(22)25-9-26-18(13)28/h9-11,14-16,20,30-31,48H,3-8H2,1-2H3,(H,23,29)(H,24,32)(H,36,37)(H,38,39)(H2,22,25,26)(H2,33,34,35)/t11-,14+,15+,16+,20-/m0/s1. The maximum atomic E-state index is 12.6. The predicted octanol–water partition coefficient (Wildman–Crippen LogP) is -1.67. The molecule has 48 heavy (non-hydrogen) atoms. The Hall–Kier alpha value is -2.11. The van der Waals surface area contributed by atoms with Crippen LogP contribution in [0.1, 0.15) is 26.5 Å². The zero-order chi connectivity index (χ0) is 36.1. The molecule has 3 rings (SSSR count). The van der Waals surface area contributed by atoms with Crippen LogP contribution in [0.4, 0.5) is 5.82 Å². The maximum Gasteiger partial charge on any atom is 0.481 e. The number of hydrogen-bond donors (Lipinski definition) is 10. The Morgan fingerprint density at radius 1 is 1.10 bits per heavy atom. The summed E-state index contributed by atoms with van der Waals surface area (Å²) in [5.41, 5.74) is 4.30. The Balaban J connectivity index is 1.61. The van der Waals surface area contributed by atoms with Crippen molar-refractivity contribution in [2.45, 2.75) is 50.9 Å². The van der Waals surface area contributed by atoms with Crippen molar-refractivity contribution in [3.8, 4) is 0 Å². The number of aliphatic hydroxyl groups is 2. The van der Waals surface area contributed by atoms with E-state index in [-0.39, 0.29) is 35.9 Å². The molecule has 1 aliphatic rings. The zero-order valence-corrected chi connectivity index (χ0v) is 28.8. The Morgan fingerprint density at radius 3 is 2.42 bits per heavy atom. The van der Waals surface area contributed by atoms with E-state index in [4.69, 9.17) is 19.5 Å². The molecule has 10 N–H and O–H groups in total. The van der Waals surface area contributed by atoms with Gasteiger partial charge in [-0.15, -0.1) is 0 Å². The molecule has 1 fully saturated rings. The Kier molecular flexibility index (Phi) is 13.7. The number of rotatable bonds is 18. The normalized spacial score (nSPS) is 23.4. The number of thiol groups is 1. The molecule has 27 heteroatoms. The van der Waals surface area contributed by atoms with Gasteiger partial charge in [-0.25, -0.2) is 28.6 Å². The van der Waals surface area contributed by atoms with Crippen LogP contribution < -0.4 is 16.4 Å². The summed E-state index contributed by atoms with van der Waals surface area (Å²) in [7, 11) is -16.3. The fraction of sp³-hybridized carbons (Fsp3) is 0.667. The highest BCUT2D eigenvalue weighted by Gasteiger charge is 2.50. The first-order valence-corrected chi connectivity index (χ1v) is 18.8. The summed E-state index contributed by atoms with van der Waals surface area (Å²) in [6.45, 7) is 0.723. The van der Waals surface area contributed by atoms with Crippen molar-refractivity contribution in [1.82, 2.24) is 30.2 Å². The van der Waals surface area contributed by atoms with Gasteiger partial charge < -0.3 is 50.9 Å². The molecule has 0 bridgehead atoms. The number of phosphoric acid groups is 3. The number of carbonyl (C=O) groups is 2. The van der Waals surface area contributed by atoms with Crippen LogP contribution >= 0.6 is 36.1 Å². The van der Waals surface area contributed by atoms with Crippen LogP contribution in [-0.2, 0) is 45.9 Å². The van der Waals surface area contributed by atoms with E-state index in [1.165, 1.54) is 13.8 Å². The Labute approximate surface area is 277 Å². The van der Waals surface area contributed by atoms with Crippen LogP contribution in [0, 0.1) is 5.41 Å². The number of amides is 2. The summed E-state index contributed by atoms with van der Waals surface area (Å²) in [4.78, 5) is 74.6. The summed E-state index contributed by atoms with van der Waals surface area (Å²) >= 11 is 3.95. The third kappa shape index (κ3) is 11.2. The first kappa shape index (κ1) is 40.3. The number of anilines is 1. The molecular weight excluding hydrogens is 731 g/mol. The number of nitrogens with two attached hydrogens (primary N) is 1. The summed E-state index contributed by atoms with van der Waals surface area (Å²) in [6, 6.07) is 0. The summed E-state index contributed by atoms with van der Waals surface area (Å²) in [6.07, 6.45) is -6.74. The van der Waals surface area contributed by atoms with Crippen LogP contribution in [0.5, 0.6) is 0 Å². The second kappa shape index (κ2) is 16.3. The van der Waals surface area contributed by atoms with Crippen LogP contribution in [-0.4, -0.2) is 118 Å². The van der Waals surface area contributed by atoms with E-state index in [9.17, 15) is 53.1 Å². The van der Waals surface area contributed by atoms with Gasteiger partial charge in [0.1, 0.15) is 36.3 Å². The molecule has 2 aromatic rings. The van der Waals surface area contributed by atoms with E-state index in [1.807, 2.05) is 0 Å². The SMILES string of the molecule is CC(C)(COP(=O)(O)OP(=O)(O)OC[C@@H]1O[C@H](n2cnc3c(N)ncnc32)[C@H](O)[C@@H]1OP(=O)(O)O)[C@H](O)C(=O)NCCC(=O)NCCS. The number of hydrogen-bond acceptors (Lipinski definition) is 17. The number of nitrogen functional groups attached to an aromatic ring is 1. The second-order valence-corrected chi connectivity index (χ2v) is 15.5. The van der Waals surface area contributed by atoms with E-state index >= 15 is 0 Å². The number of nitrogens with zero attached hydrogens (tertiary/aromatic N) is 4. The maximum absolute atomic E-state index is 12.6. The lowest BCUT2D eigenvalue weighted by atomic mass is 9.87. The molecule has 2 amide bonds. The number of ether oxygens (including phenoxy) is 1. The van der Waals surface area contributed by atoms with Gasteiger partial charge in [0.2, 0.25) is 11.8 Å². The average Bonchev–Trinajstić information content (AvgIpc) is 3.54. The third-order valence-corrected chi connectivity index (χ3v) is 9.83. The van der Waals surface area contributed by atoms with E-state index in [0.717, 1.165) is 17.2 Å². The van der Waals surface area contributed by atoms with Crippen molar-refractivity contribution in [1.29, 1.82) is 0 Å². The molecule has 3 heterocycles. The number of nitrogens with one attached hydrogen (secondary N) is 2. The first-order chi connectivity index (χ1) is 22.2. The molecule has 2 unspecified atom stereocenters. The highest BCUT2D eigenvalue weighted by Crippen LogP contribution is 2.61. The largest absolute Gasteiger partial charge is 0.481 e. The second-order valence-electron chi connectivity index (χ2n) is 10.8. The smallest absolute Gasteiger partial charge is 0.386 e. The number of aliphatic hydroxyl groups excluding tert-OH is 2. The summed E-state index contributed by atoms with van der Waals surface area (Å²) < 4.78 is 61.7. The molecule has 0 spiro atoms. The van der Waals surface area contributed by atoms with Crippen molar-refractivity contribution >= 4 is 64.9 Å². The monoisotopic (exact) mass is 767 g/mol. The highest BCUT2D eigenvalue weighted by molar-refractivity contribution is 7.80. The number of fused-ring (bicyclic) bond motifs is 1. The van der Waals surface area contributed by atoms with Crippen LogP contribution in [0.25, 0.3) is 11.2 Å². The third-order valence-electron chi connectivity index (χ3n) is 6.51. The molecule has 0 saturated carbocycles. The molecule has 0 aliphatic carbocycles. The van der Waals surface area contributed by atoms with Crippen molar-refractivity contribution in [2.75, 3.05) is 37.8 Å². The molecule has 0 aromatic carbocycles. The highest BCUT2D eigenvalue weighted by atomic mass is 32.1. The van der Waals surface area contributed by atoms with Gasteiger partial charge in [-0.2, -0.15) is 16.9 Å². The minimum absolute atomic E-state index is 0.0363. The van der Waals surface area contributed by atoms with E-state index in [1.54, 1.807) is 0 Å². The van der Waals surface area contributed by atoms with Gasteiger partial charge in [0.25, 0.3) is 0 Å². The van der Waals surface area contributed by atoms with Gasteiger partial charge in [-0.05, 0) is 0 Å². The Bertz CT molecular complexity index is 1590. The number of imidazole rings is 1. The number of phosphoric ester groups is 3. The summed E-state index contributed by atoms with van der Waals surface area (Å²) in [5, 5.41) is 26.1. The Morgan fingerprint density at radius 2 is 1.77 bits per heavy atom. The van der Waals surface area contributed by atoms with Gasteiger partial charge in [-0.3, -0.25) is 27.7 Å². The van der Waals surface area contributed by atoms with Gasteiger partial charge in [-0.1, -0.05) is 13.8 Å². The zero-order valence-electron chi connectivity index (χ0n) is 25.2. The van der Waals surface area contributed by atoms with Crippen LogP contribution in [0.3, 0.4) is 0 Å². The minimum atomic E-state index is -5.54. The molecule has 1 aliphatic heterocycles. The van der Waals surface area contributed by atoms with Crippen LogP contribution in [0.2, 0.25) is 0 Å². The molecule has 1 saturated heterocycles. The molecular formula is C21H36N7O16P3S. The van der Waals surface area contributed by atoms with Crippen molar-refractivity contribution < 1.29 is 75.7 Å². The molecule has 0 radical (unpaired) electrons. The number of aromatic nitrogens is 4. The lowest BCUT2D eigenvalue weighted by molar-refractivity contribution is -0.137. The molecule has 23 nitrogen and oxygen atoms in total. The lowest BCUT2D eigenvalue weighted by Crippen LogP contribution is -2.46. The van der Waals surface area contributed by atoms with E-state index < -0.39 is 78.6 Å². The van der Waals surface area contributed by atoms with Gasteiger partial charge in [0, 0.05) is 30.7 Å². The fourth-order valence-corrected chi connectivity index (χ4v) is 7.08. The van der Waals surface area contributed by atoms with E-state index in [0.29, 0.717) is 12.3 Å². The quantitative estimate of drug-likeness (QED) is 0.0599. The van der Waals surface area contributed by atoms with Crippen molar-refractivity contribution in [2.24, 2.45) is 5.41 Å². The minimum Gasteiger partial charge on any atom is -0.386 e. The summed E-state index contributed by atoms with van der Waals surface area (Å²) in [5.74, 6) is -0.943.